The Bertz CT molecular complexity index is 474. The number of hydrogen-bond acceptors (Lipinski definition) is 4. The molecule has 2 rings (SSSR count). The topological polar surface area (TPSA) is 52.6 Å². The van der Waals surface area contributed by atoms with Crippen molar-refractivity contribution in [1.82, 2.24) is 0 Å². The average Bonchev–Trinajstić information content (AvgIpc) is 2.58. The van der Waals surface area contributed by atoms with Crippen LogP contribution in [-0.2, 0) is 14.3 Å². The lowest BCUT2D eigenvalue weighted by Gasteiger charge is -2.03. The predicted octanol–water partition coefficient (Wildman–Crippen LogP) is 1.55. The molecule has 0 bridgehead atoms. The van der Waals surface area contributed by atoms with Crippen molar-refractivity contribution in [1.29, 1.82) is 0 Å². The summed E-state index contributed by atoms with van der Waals surface area (Å²) in [7, 11) is 1.55. The largest absolute Gasteiger partial charge is 0.496 e. The monoisotopic (exact) mass is 218 g/mol. The molecule has 1 aromatic carbocycles. The summed E-state index contributed by atoms with van der Waals surface area (Å²) < 4.78 is 9.57. The van der Waals surface area contributed by atoms with E-state index in [1.165, 1.54) is 0 Å². The number of cyclic esters (lactones) is 2. The molecular weight excluding hydrogens is 208 g/mol. The maximum atomic E-state index is 11.2. The Labute approximate surface area is 92.5 Å². The fraction of sp³-hybridized carbons (Fsp3) is 0.167. The van der Waals surface area contributed by atoms with Gasteiger partial charge in [-0.15, -0.1) is 0 Å². The number of benzene rings is 1. The third kappa shape index (κ3) is 1.95. The predicted molar refractivity (Wildman–Crippen MR) is 56.7 cm³/mol. The minimum absolute atomic E-state index is 0.0247. The first-order chi connectivity index (χ1) is 7.70. The number of rotatable bonds is 2. The summed E-state index contributed by atoms with van der Waals surface area (Å²) in [6.07, 6.45) is 1.64. The van der Waals surface area contributed by atoms with Crippen LogP contribution in [0.25, 0.3) is 6.08 Å². The normalized spacial score (nSPS) is 17.7. The van der Waals surface area contributed by atoms with Crippen molar-refractivity contribution in [2.24, 2.45) is 0 Å². The third-order valence-electron chi connectivity index (χ3n) is 2.27. The summed E-state index contributed by atoms with van der Waals surface area (Å²) in [5, 5.41) is 0. The van der Waals surface area contributed by atoms with E-state index in [0.29, 0.717) is 11.3 Å². The fourth-order valence-corrected chi connectivity index (χ4v) is 1.52. The van der Waals surface area contributed by atoms with E-state index in [-0.39, 0.29) is 6.42 Å². The van der Waals surface area contributed by atoms with Crippen LogP contribution in [0, 0.1) is 0 Å². The molecule has 1 fully saturated rings. The van der Waals surface area contributed by atoms with E-state index in [1.54, 1.807) is 19.3 Å². The van der Waals surface area contributed by atoms with Crippen molar-refractivity contribution in [3.8, 4) is 5.75 Å². The van der Waals surface area contributed by atoms with Crippen LogP contribution in [0.2, 0.25) is 0 Å². The van der Waals surface area contributed by atoms with Gasteiger partial charge >= 0.3 is 11.9 Å². The van der Waals surface area contributed by atoms with Crippen molar-refractivity contribution >= 4 is 18.0 Å². The standard InChI is InChI=1S/C12H10O4/c1-15-10-5-3-2-4-8(10)6-9-7-11(13)16-12(9)14/h2-6H,7H2,1H3. The quantitative estimate of drug-likeness (QED) is 0.429. The Kier molecular flexibility index (Phi) is 2.72. The van der Waals surface area contributed by atoms with Gasteiger partial charge in [-0.2, -0.15) is 0 Å². The molecule has 0 spiro atoms. The molecule has 0 amide bonds. The summed E-state index contributed by atoms with van der Waals surface area (Å²) in [6.45, 7) is 0. The Morgan fingerprint density at radius 3 is 2.69 bits per heavy atom. The highest BCUT2D eigenvalue weighted by atomic mass is 16.6. The second-order valence-corrected chi connectivity index (χ2v) is 3.35. The molecule has 16 heavy (non-hydrogen) atoms. The molecule has 1 heterocycles. The van der Waals surface area contributed by atoms with Crippen LogP contribution in [0.4, 0.5) is 0 Å². The summed E-state index contributed by atoms with van der Waals surface area (Å²) in [5.41, 5.74) is 1.11. The molecule has 1 saturated heterocycles. The molecule has 4 heteroatoms. The number of para-hydroxylation sites is 1. The number of ether oxygens (including phenoxy) is 2. The molecule has 0 atom stereocenters. The zero-order chi connectivity index (χ0) is 11.5. The van der Waals surface area contributed by atoms with Crippen LogP contribution in [-0.4, -0.2) is 19.0 Å². The minimum atomic E-state index is -0.573. The minimum Gasteiger partial charge on any atom is -0.496 e. The van der Waals surface area contributed by atoms with E-state index in [9.17, 15) is 9.59 Å². The van der Waals surface area contributed by atoms with Crippen molar-refractivity contribution in [3.05, 3.63) is 35.4 Å². The maximum absolute atomic E-state index is 11.2. The first kappa shape index (κ1) is 10.4. The molecule has 0 unspecified atom stereocenters. The Morgan fingerprint density at radius 2 is 2.06 bits per heavy atom. The number of methoxy groups -OCH3 is 1. The summed E-state index contributed by atoms with van der Waals surface area (Å²) in [5.74, 6) is -0.427. The third-order valence-corrected chi connectivity index (χ3v) is 2.27. The van der Waals surface area contributed by atoms with Gasteiger partial charge in [0.1, 0.15) is 5.75 Å². The van der Waals surface area contributed by atoms with Gasteiger partial charge in [-0.25, -0.2) is 4.79 Å². The fourth-order valence-electron chi connectivity index (χ4n) is 1.52. The van der Waals surface area contributed by atoms with Gasteiger partial charge in [0.2, 0.25) is 0 Å². The number of hydrogen-bond donors (Lipinski definition) is 0. The van der Waals surface area contributed by atoms with Crippen LogP contribution >= 0.6 is 0 Å². The highest BCUT2D eigenvalue weighted by Crippen LogP contribution is 2.24. The molecule has 1 aliphatic rings. The van der Waals surface area contributed by atoms with Crippen molar-refractivity contribution < 1.29 is 19.1 Å². The molecule has 0 aromatic heterocycles. The zero-order valence-electron chi connectivity index (χ0n) is 8.73. The zero-order valence-corrected chi connectivity index (χ0v) is 8.73. The summed E-state index contributed by atoms with van der Waals surface area (Å²) in [6, 6.07) is 7.26. The van der Waals surface area contributed by atoms with Crippen molar-refractivity contribution in [2.45, 2.75) is 6.42 Å². The second-order valence-electron chi connectivity index (χ2n) is 3.35. The van der Waals surface area contributed by atoms with Crippen molar-refractivity contribution in [3.63, 3.8) is 0 Å². The van der Waals surface area contributed by atoms with Gasteiger partial charge in [-0.3, -0.25) is 4.79 Å². The van der Waals surface area contributed by atoms with E-state index < -0.39 is 11.9 Å². The van der Waals surface area contributed by atoms with Gasteiger partial charge in [0.15, 0.2) is 0 Å². The van der Waals surface area contributed by atoms with Gasteiger partial charge in [-0.05, 0) is 12.1 Å². The Hall–Kier alpha value is -2.10. The lowest BCUT2D eigenvalue weighted by molar-refractivity contribution is -0.151. The van der Waals surface area contributed by atoms with E-state index in [4.69, 9.17) is 4.74 Å². The average molecular weight is 218 g/mol. The first-order valence-corrected chi connectivity index (χ1v) is 4.79. The van der Waals surface area contributed by atoms with Crippen LogP contribution in [0.3, 0.4) is 0 Å². The molecule has 1 aromatic rings. The van der Waals surface area contributed by atoms with Gasteiger partial charge in [0.25, 0.3) is 0 Å². The van der Waals surface area contributed by atoms with E-state index in [2.05, 4.69) is 4.74 Å². The summed E-state index contributed by atoms with van der Waals surface area (Å²) >= 11 is 0. The second kappa shape index (κ2) is 4.18. The van der Waals surface area contributed by atoms with Crippen molar-refractivity contribution in [2.75, 3.05) is 7.11 Å². The van der Waals surface area contributed by atoms with Crippen LogP contribution in [0.1, 0.15) is 12.0 Å². The molecule has 0 aliphatic carbocycles. The number of carbonyl (C=O) groups is 2. The Balaban J connectivity index is 2.36. The van der Waals surface area contributed by atoms with Crippen LogP contribution in [0.15, 0.2) is 29.8 Å². The molecule has 0 N–H and O–H groups in total. The number of esters is 2. The molecule has 0 saturated carbocycles. The highest BCUT2D eigenvalue weighted by molar-refractivity contribution is 6.08. The van der Waals surface area contributed by atoms with E-state index in [0.717, 1.165) is 5.56 Å². The number of carbonyl (C=O) groups excluding carboxylic acids is 2. The maximum Gasteiger partial charge on any atom is 0.342 e. The molecular formula is C12H10O4. The van der Waals surface area contributed by atoms with E-state index >= 15 is 0 Å². The lowest BCUT2D eigenvalue weighted by atomic mass is 10.1. The van der Waals surface area contributed by atoms with Gasteiger partial charge in [0, 0.05) is 11.1 Å². The molecule has 0 radical (unpaired) electrons. The molecule has 1 aliphatic heterocycles. The first-order valence-electron chi connectivity index (χ1n) is 4.79. The molecule has 82 valence electrons. The smallest absolute Gasteiger partial charge is 0.342 e. The lowest BCUT2D eigenvalue weighted by Crippen LogP contribution is -1.97. The van der Waals surface area contributed by atoms with Gasteiger partial charge in [-0.1, -0.05) is 18.2 Å². The van der Waals surface area contributed by atoms with Gasteiger partial charge in [0.05, 0.1) is 13.5 Å². The SMILES string of the molecule is COc1ccccc1C=C1CC(=O)OC1=O. The summed E-state index contributed by atoms with van der Waals surface area (Å²) in [4.78, 5) is 22.1. The van der Waals surface area contributed by atoms with Crippen LogP contribution < -0.4 is 4.74 Å². The van der Waals surface area contributed by atoms with Crippen LogP contribution in [0.5, 0.6) is 5.75 Å². The van der Waals surface area contributed by atoms with E-state index in [1.807, 2.05) is 18.2 Å². The Morgan fingerprint density at radius 1 is 1.31 bits per heavy atom. The highest BCUT2D eigenvalue weighted by Gasteiger charge is 2.26. The molecule has 4 nitrogen and oxygen atoms in total. The van der Waals surface area contributed by atoms with Gasteiger partial charge < -0.3 is 9.47 Å².